The summed E-state index contributed by atoms with van der Waals surface area (Å²) >= 11 is -1.66. The zero-order valence-electron chi connectivity index (χ0n) is 17.1. The van der Waals surface area contributed by atoms with Crippen molar-refractivity contribution in [3.8, 4) is 0 Å². The van der Waals surface area contributed by atoms with Gasteiger partial charge in [-0.2, -0.15) is 0 Å². The molecule has 0 nitrogen and oxygen atoms in total. The van der Waals surface area contributed by atoms with E-state index >= 15 is 0 Å². The van der Waals surface area contributed by atoms with Gasteiger partial charge >= 0.3 is 164 Å². The summed E-state index contributed by atoms with van der Waals surface area (Å²) in [5.74, 6) is 0.558. The summed E-state index contributed by atoms with van der Waals surface area (Å²) in [4.78, 5) is 0. The van der Waals surface area contributed by atoms with Crippen LogP contribution in [0.1, 0.15) is 34.1 Å². The van der Waals surface area contributed by atoms with E-state index in [1.807, 2.05) is 0 Å². The number of fused-ring (bicyclic) bond motifs is 1. The molecule has 0 heterocycles. The van der Waals surface area contributed by atoms with Crippen molar-refractivity contribution in [3.05, 3.63) is 66.6 Å². The standard InChI is InChI=1S/C21H25Si.2CH3.Hf/c1-13-10-11-18(15(13)3)20-14(2)12-17-8-7-9-19(22(5)6)16(4)21(17)20;;;/h7-10,16H,11H2,1-6H3;2*1H3;. The average molecular weight is 514 g/mol. The van der Waals surface area contributed by atoms with Gasteiger partial charge in [-0.15, -0.1) is 0 Å². The van der Waals surface area contributed by atoms with E-state index in [-0.39, 0.29) is 0 Å². The normalized spacial score (nSPS) is 23.2. The molecule has 1 unspecified atom stereocenters. The Morgan fingerprint density at radius 2 is 1.76 bits per heavy atom. The van der Waals surface area contributed by atoms with Crippen LogP contribution < -0.4 is 0 Å². The molecule has 0 amide bonds. The van der Waals surface area contributed by atoms with Crippen LogP contribution in [0.15, 0.2) is 66.6 Å². The van der Waals surface area contributed by atoms with E-state index in [1.165, 1.54) is 11.1 Å². The Kier molecular flexibility index (Phi) is 5.51. The third kappa shape index (κ3) is 3.14. The first kappa shape index (κ1) is 19.2. The van der Waals surface area contributed by atoms with Crippen LogP contribution >= 0.6 is 0 Å². The minimum atomic E-state index is -1.66. The van der Waals surface area contributed by atoms with Gasteiger partial charge in [-0.05, 0) is 0 Å². The fraction of sp³-hybridized carbons (Fsp3) is 0.435. The molecule has 3 aliphatic rings. The molecule has 0 aromatic heterocycles. The second kappa shape index (κ2) is 7.19. The van der Waals surface area contributed by atoms with Gasteiger partial charge < -0.3 is 0 Å². The van der Waals surface area contributed by atoms with Crippen molar-refractivity contribution < 1.29 is 21.4 Å². The zero-order valence-corrected chi connectivity index (χ0v) is 21.7. The Hall–Kier alpha value is -0.603. The van der Waals surface area contributed by atoms with Crippen molar-refractivity contribution in [2.45, 2.75) is 56.6 Å². The van der Waals surface area contributed by atoms with Crippen LogP contribution in [0.5, 0.6) is 0 Å². The average Bonchev–Trinajstić information content (AvgIpc) is 2.93. The summed E-state index contributed by atoms with van der Waals surface area (Å²) in [5, 5.41) is 1.68. The van der Waals surface area contributed by atoms with Crippen molar-refractivity contribution in [3.63, 3.8) is 0 Å². The first-order valence-electron chi connectivity index (χ1n) is 9.45. The molecule has 1 atom stereocenters. The van der Waals surface area contributed by atoms with E-state index in [9.17, 15) is 0 Å². The van der Waals surface area contributed by atoms with Gasteiger partial charge in [0.05, 0.1) is 0 Å². The summed E-state index contributed by atoms with van der Waals surface area (Å²) in [6, 6.07) is 0. The van der Waals surface area contributed by atoms with Crippen molar-refractivity contribution in [1.29, 1.82) is 0 Å². The van der Waals surface area contributed by atoms with Crippen LogP contribution in [-0.4, -0.2) is 13.6 Å². The Balaban J connectivity index is 2.31. The van der Waals surface area contributed by atoms with Gasteiger partial charge in [-0.3, -0.25) is 0 Å². The monoisotopic (exact) mass is 515 g/mol. The Labute approximate surface area is 163 Å². The Morgan fingerprint density at radius 3 is 2.28 bits per heavy atom. The molecule has 3 rings (SSSR count). The second-order valence-electron chi connectivity index (χ2n) is 8.10. The van der Waals surface area contributed by atoms with E-state index in [4.69, 9.17) is 0 Å². The van der Waals surface area contributed by atoms with Crippen molar-refractivity contribution in [2.24, 2.45) is 5.92 Å². The molecule has 0 saturated heterocycles. The quantitative estimate of drug-likeness (QED) is 0.365. The van der Waals surface area contributed by atoms with E-state index < -0.39 is 29.8 Å². The van der Waals surface area contributed by atoms with E-state index in [0.29, 0.717) is 5.92 Å². The molecule has 0 spiro atoms. The molecule has 0 aliphatic heterocycles. The summed E-state index contributed by atoms with van der Waals surface area (Å²) in [6.07, 6.45) is 10.8. The molecule has 3 aliphatic carbocycles. The van der Waals surface area contributed by atoms with E-state index in [0.717, 1.165) is 6.42 Å². The summed E-state index contributed by atoms with van der Waals surface area (Å²) in [7, 11) is -0.437. The third-order valence-corrected chi connectivity index (χ3v) is 13.7. The van der Waals surface area contributed by atoms with Gasteiger partial charge in [0.1, 0.15) is 0 Å². The molecule has 131 valence electrons. The number of allylic oxidation sites excluding steroid dienone is 12. The maximum atomic E-state index is 2.56. The Morgan fingerprint density at radius 1 is 1.08 bits per heavy atom. The van der Waals surface area contributed by atoms with Crippen LogP contribution in [0.25, 0.3) is 0 Å². The third-order valence-electron chi connectivity index (χ3n) is 6.05. The molecule has 0 bridgehead atoms. The van der Waals surface area contributed by atoms with Crippen molar-refractivity contribution in [2.75, 3.05) is 0 Å². The van der Waals surface area contributed by atoms with Crippen LogP contribution in [0.3, 0.4) is 0 Å². The van der Waals surface area contributed by atoms with Gasteiger partial charge in [0.2, 0.25) is 0 Å². The van der Waals surface area contributed by atoms with Gasteiger partial charge in [-0.1, -0.05) is 0 Å². The van der Waals surface area contributed by atoms with Crippen LogP contribution in [0, 0.1) is 5.92 Å². The molecule has 0 aromatic rings. The van der Waals surface area contributed by atoms with Gasteiger partial charge in [0, 0.05) is 0 Å². The SMILES string of the molecule is CC1=CCC(C2=C3C(=CC=CC(=[Si](C)C)C3C)[C]([Hf]([CH3])[CH3])=C2C)=C1C. The minimum absolute atomic E-state index is 0.437. The van der Waals surface area contributed by atoms with E-state index in [1.54, 1.807) is 36.4 Å². The molecule has 25 heavy (non-hydrogen) atoms. The molecule has 0 fully saturated rings. The number of hydrogen-bond donors (Lipinski definition) is 0. The molecule has 2 heteroatoms. The first-order valence-corrected chi connectivity index (χ1v) is 20.9. The van der Waals surface area contributed by atoms with Crippen LogP contribution in [0.4, 0.5) is 0 Å². The predicted octanol–water partition coefficient (Wildman–Crippen LogP) is 6.59. The first-order chi connectivity index (χ1) is 11.8. The molecule has 0 radical (unpaired) electrons. The summed E-state index contributed by atoms with van der Waals surface area (Å²) in [5.41, 5.74) is 11.1. The zero-order chi connectivity index (χ0) is 18.5. The predicted molar refractivity (Wildman–Crippen MR) is 111 cm³/mol. The van der Waals surface area contributed by atoms with Crippen LogP contribution in [-0.2, 0) is 21.4 Å². The van der Waals surface area contributed by atoms with Crippen LogP contribution in [0.2, 0.25) is 22.5 Å². The molecular formula is C23H31HfSi. The fourth-order valence-electron chi connectivity index (χ4n) is 4.69. The Bertz CT molecular complexity index is 847. The molecule has 0 N–H and O–H groups in total. The van der Waals surface area contributed by atoms with Crippen molar-refractivity contribution in [1.82, 2.24) is 0 Å². The summed E-state index contributed by atoms with van der Waals surface area (Å²) < 4.78 is 6.89. The number of hydrogen-bond acceptors (Lipinski definition) is 0. The summed E-state index contributed by atoms with van der Waals surface area (Å²) in [6.45, 7) is 14.4. The molecule has 0 saturated carbocycles. The molecule has 0 aromatic carbocycles. The molecular weight excluding hydrogens is 483 g/mol. The second-order valence-corrected chi connectivity index (χ2v) is 19.7. The fourth-order valence-corrected chi connectivity index (χ4v) is 12.0. The van der Waals surface area contributed by atoms with E-state index in [2.05, 4.69) is 74.5 Å². The van der Waals surface area contributed by atoms with Gasteiger partial charge in [-0.25, -0.2) is 0 Å². The maximum absolute atomic E-state index is 2.56. The van der Waals surface area contributed by atoms with Gasteiger partial charge in [0.25, 0.3) is 0 Å². The topological polar surface area (TPSA) is 0 Å². The van der Waals surface area contributed by atoms with Crippen molar-refractivity contribution >= 4 is 13.6 Å². The van der Waals surface area contributed by atoms with Gasteiger partial charge in [0.15, 0.2) is 0 Å². The number of rotatable bonds is 2.